The molecule has 0 spiro atoms. The average Bonchev–Trinajstić information content (AvgIpc) is 1.96. The van der Waals surface area contributed by atoms with Crippen LogP contribution in [0, 0.1) is 0 Å². The third kappa shape index (κ3) is 9.40. The van der Waals surface area contributed by atoms with E-state index in [0.717, 1.165) is 0 Å². The second kappa shape index (κ2) is 5.85. The Morgan fingerprint density at radius 1 is 1.40 bits per heavy atom. The molecule has 90 valence electrons. The quantitative estimate of drug-likeness (QED) is 0.797. The molecule has 0 fully saturated rings. The fraction of sp³-hybridized carbons (Fsp3) is 0.889. The number of alkyl carbamates (subject to hydrolysis) is 1. The van der Waals surface area contributed by atoms with Gasteiger partial charge in [0.25, 0.3) is 0 Å². The lowest BCUT2D eigenvalue weighted by molar-refractivity contribution is -0.156. The molecule has 1 atom stereocenters. The van der Waals surface area contributed by atoms with E-state index >= 15 is 0 Å². The number of rotatable bonds is 4. The summed E-state index contributed by atoms with van der Waals surface area (Å²) in [5, 5.41) is 2.32. The maximum absolute atomic E-state index is 11.7. The highest BCUT2D eigenvalue weighted by Gasteiger charge is 2.17. The van der Waals surface area contributed by atoms with E-state index in [1.165, 1.54) is 6.92 Å². The number of halogens is 2. The lowest BCUT2D eigenvalue weighted by atomic mass is 10.2. The molecule has 0 aromatic rings. The van der Waals surface area contributed by atoms with Crippen molar-refractivity contribution in [2.45, 2.75) is 46.0 Å². The zero-order valence-corrected chi connectivity index (χ0v) is 9.34. The van der Waals surface area contributed by atoms with E-state index in [2.05, 4.69) is 10.1 Å². The van der Waals surface area contributed by atoms with Gasteiger partial charge in [0.15, 0.2) is 0 Å². The highest BCUT2D eigenvalue weighted by atomic mass is 19.3. The highest BCUT2D eigenvalue weighted by Crippen LogP contribution is 2.06. The minimum Gasteiger partial charge on any atom is -0.444 e. The van der Waals surface area contributed by atoms with Gasteiger partial charge in [-0.1, -0.05) is 0 Å². The molecule has 0 aliphatic rings. The second-order valence-corrected chi connectivity index (χ2v) is 4.09. The molecule has 0 bridgehead atoms. The molecule has 0 aromatic heterocycles. The molecule has 0 heterocycles. The number of ether oxygens (including phenoxy) is 2. The Morgan fingerprint density at radius 2 is 1.93 bits per heavy atom. The molecular formula is C9H17F2NO3. The molecule has 0 rings (SSSR count). The molecule has 15 heavy (non-hydrogen) atoms. The molecule has 0 saturated carbocycles. The van der Waals surface area contributed by atoms with Gasteiger partial charge in [0.1, 0.15) is 5.60 Å². The Morgan fingerprint density at radius 3 is 2.33 bits per heavy atom. The second-order valence-electron chi connectivity index (χ2n) is 4.09. The molecule has 6 heteroatoms. The van der Waals surface area contributed by atoms with Gasteiger partial charge in [-0.25, -0.2) is 4.79 Å². The molecule has 4 nitrogen and oxygen atoms in total. The first-order valence-corrected chi connectivity index (χ1v) is 4.61. The van der Waals surface area contributed by atoms with E-state index in [0.29, 0.717) is 0 Å². The van der Waals surface area contributed by atoms with Crippen molar-refractivity contribution in [1.29, 1.82) is 0 Å². The van der Waals surface area contributed by atoms with E-state index in [9.17, 15) is 13.6 Å². The molecule has 1 amide bonds. The summed E-state index contributed by atoms with van der Waals surface area (Å²) in [5.41, 5.74) is -0.600. The molecule has 0 aliphatic carbocycles. The van der Waals surface area contributed by atoms with Crippen LogP contribution in [0.15, 0.2) is 0 Å². The lowest BCUT2D eigenvalue weighted by Crippen LogP contribution is -2.37. The maximum atomic E-state index is 11.7. The highest BCUT2D eigenvalue weighted by molar-refractivity contribution is 5.67. The minimum atomic E-state index is -2.83. The minimum absolute atomic E-state index is 0.0146. The first-order valence-electron chi connectivity index (χ1n) is 4.61. The van der Waals surface area contributed by atoms with Gasteiger partial charge in [0, 0.05) is 6.54 Å². The summed E-state index contributed by atoms with van der Waals surface area (Å²) >= 11 is 0. The van der Waals surface area contributed by atoms with Crippen molar-refractivity contribution < 1.29 is 23.0 Å². The number of alkyl halides is 2. The van der Waals surface area contributed by atoms with Crippen molar-refractivity contribution in [2.75, 3.05) is 6.54 Å². The van der Waals surface area contributed by atoms with Crippen LogP contribution < -0.4 is 5.32 Å². The van der Waals surface area contributed by atoms with Crippen LogP contribution in [0.3, 0.4) is 0 Å². The van der Waals surface area contributed by atoms with Crippen molar-refractivity contribution in [3.8, 4) is 0 Å². The van der Waals surface area contributed by atoms with Gasteiger partial charge in [-0.3, -0.25) is 0 Å². The smallest absolute Gasteiger partial charge is 0.407 e. The first-order chi connectivity index (χ1) is 6.70. The molecule has 0 aromatic carbocycles. The van der Waals surface area contributed by atoms with Crippen LogP contribution in [0.2, 0.25) is 0 Å². The van der Waals surface area contributed by atoms with Gasteiger partial charge < -0.3 is 14.8 Å². The van der Waals surface area contributed by atoms with Crippen LogP contribution in [-0.4, -0.2) is 31.0 Å². The third-order valence-electron chi connectivity index (χ3n) is 1.27. The van der Waals surface area contributed by atoms with E-state index in [4.69, 9.17) is 4.74 Å². The van der Waals surface area contributed by atoms with E-state index in [1.807, 2.05) is 0 Å². The van der Waals surface area contributed by atoms with Crippen LogP contribution in [-0.2, 0) is 9.47 Å². The van der Waals surface area contributed by atoms with Crippen molar-refractivity contribution in [3.05, 3.63) is 0 Å². The lowest BCUT2D eigenvalue weighted by Gasteiger charge is -2.20. The maximum Gasteiger partial charge on any atom is 0.407 e. The van der Waals surface area contributed by atoms with Gasteiger partial charge >= 0.3 is 12.7 Å². The number of carbonyl (C=O) groups is 1. The van der Waals surface area contributed by atoms with E-state index < -0.39 is 24.4 Å². The SMILES string of the molecule is C[C@@H](CNC(=O)OC(C)(C)C)OC(F)F. The largest absolute Gasteiger partial charge is 0.444 e. The molecule has 0 radical (unpaired) electrons. The van der Waals surface area contributed by atoms with Gasteiger partial charge in [0.2, 0.25) is 0 Å². The molecule has 0 aliphatic heterocycles. The molecule has 0 unspecified atom stereocenters. The normalized spacial score (nSPS) is 13.8. The zero-order chi connectivity index (χ0) is 12.1. The summed E-state index contributed by atoms with van der Waals surface area (Å²) in [5.74, 6) is 0. The number of carbonyl (C=O) groups excluding carboxylic acids is 1. The Balaban J connectivity index is 3.72. The standard InChI is InChI=1S/C9H17F2NO3/c1-6(14-7(10)11)5-12-8(13)15-9(2,3)4/h6-7H,5H2,1-4H3,(H,12,13)/t6-/m0/s1. The summed E-state index contributed by atoms with van der Waals surface area (Å²) in [6.45, 7) is 3.73. The van der Waals surface area contributed by atoms with Crippen LogP contribution in [0.1, 0.15) is 27.7 Å². The third-order valence-corrected chi connectivity index (χ3v) is 1.27. The van der Waals surface area contributed by atoms with Gasteiger partial charge in [-0.05, 0) is 27.7 Å². The predicted molar refractivity (Wildman–Crippen MR) is 50.8 cm³/mol. The zero-order valence-electron chi connectivity index (χ0n) is 9.34. The van der Waals surface area contributed by atoms with Gasteiger partial charge in [-0.2, -0.15) is 8.78 Å². The molecule has 1 N–H and O–H groups in total. The van der Waals surface area contributed by atoms with Crippen LogP contribution in [0.5, 0.6) is 0 Å². The van der Waals surface area contributed by atoms with Crippen LogP contribution in [0.4, 0.5) is 13.6 Å². The predicted octanol–water partition coefficient (Wildman–Crippen LogP) is 2.14. The summed E-state index contributed by atoms with van der Waals surface area (Å²) in [4.78, 5) is 11.1. The Labute approximate surface area is 87.9 Å². The first kappa shape index (κ1) is 14.1. The van der Waals surface area contributed by atoms with E-state index in [1.54, 1.807) is 20.8 Å². The van der Waals surface area contributed by atoms with E-state index in [-0.39, 0.29) is 6.54 Å². The summed E-state index contributed by atoms with van der Waals surface area (Å²) in [6, 6.07) is 0. The topological polar surface area (TPSA) is 47.6 Å². The summed E-state index contributed by atoms with van der Waals surface area (Å²) < 4.78 is 32.5. The van der Waals surface area contributed by atoms with Crippen molar-refractivity contribution in [2.24, 2.45) is 0 Å². The van der Waals surface area contributed by atoms with Gasteiger partial charge in [-0.15, -0.1) is 0 Å². The number of nitrogens with one attached hydrogen (secondary N) is 1. The van der Waals surface area contributed by atoms with Crippen molar-refractivity contribution >= 4 is 6.09 Å². The summed E-state index contributed by atoms with van der Waals surface area (Å²) in [6.07, 6.45) is -1.40. The fourth-order valence-electron chi connectivity index (χ4n) is 0.765. The monoisotopic (exact) mass is 225 g/mol. The Bertz CT molecular complexity index is 204. The Hall–Kier alpha value is -0.910. The van der Waals surface area contributed by atoms with Crippen molar-refractivity contribution in [3.63, 3.8) is 0 Å². The Kier molecular flexibility index (Phi) is 5.49. The van der Waals surface area contributed by atoms with Crippen molar-refractivity contribution in [1.82, 2.24) is 5.32 Å². The van der Waals surface area contributed by atoms with Gasteiger partial charge in [0.05, 0.1) is 6.10 Å². The number of amides is 1. The molecule has 0 saturated heterocycles. The average molecular weight is 225 g/mol. The fourth-order valence-corrected chi connectivity index (χ4v) is 0.765. The number of hydrogen-bond acceptors (Lipinski definition) is 3. The molecular weight excluding hydrogens is 208 g/mol. The number of hydrogen-bond donors (Lipinski definition) is 1. The summed E-state index contributed by atoms with van der Waals surface area (Å²) in [7, 11) is 0. The van der Waals surface area contributed by atoms with Crippen LogP contribution >= 0.6 is 0 Å². The van der Waals surface area contributed by atoms with Crippen LogP contribution in [0.25, 0.3) is 0 Å².